The summed E-state index contributed by atoms with van der Waals surface area (Å²) in [6.45, 7) is 11.3. The maximum atomic E-state index is 5.86. The van der Waals surface area contributed by atoms with E-state index in [1.807, 2.05) is 0 Å². The van der Waals surface area contributed by atoms with Crippen LogP contribution in [-0.2, 0) is 4.74 Å². The summed E-state index contributed by atoms with van der Waals surface area (Å²) in [4.78, 5) is 2.63. The number of hydrogen-bond donors (Lipinski definition) is 1. The lowest BCUT2D eigenvalue weighted by Gasteiger charge is -2.40. The Bertz CT molecular complexity index is 256. The van der Waals surface area contributed by atoms with Gasteiger partial charge in [-0.2, -0.15) is 0 Å². The monoisotopic (exact) mass is 282 g/mol. The maximum absolute atomic E-state index is 5.86. The van der Waals surface area contributed by atoms with Gasteiger partial charge in [0.15, 0.2) is 0 Å². The molecule has 1 saturated heterocycles. The summed E-state index contributed by atoms with van der Waals surface area (Å²) in [6, 6.07) is 0.688. The average Bonchev–Trinajstić information content (AvgIpc) is 2.43. The summed E-state index contributed by atoms with van der Waals surface area (Å²) < 4.78 is 5.86. The van der Waals surface area contributed by atoms with Crippen LogP contribution in [0.25, 0.3) is 0 Å². The van der Waals surface area contributed by atoms with Crippen LogP contribution < -0.4 is 5.32 Å². The third-order valence-corrected chi connectivity index (χ3v) is 4.83. The third-order valence-electron chi connectivity index (χ3n) is 4.83. The summed E-state index contributed by atoms with van der Waals surface area (Å²) in [5, 5.41) is 3.83. The van der Waals surface area contributed by atoms with Gasteiger partial charge in [-0.15, -0.1) is 0 Å². The minimum absolute atomic E-state index is 0.386. The van der Waals surface area contributed by atoms with Crippen molar-refractivity contribution in [3.63, 3.8) is 0 Å². The lowest BCUT2D eigenvalue weighted by atomic mass is 9.83. The normalized spacial score (nSPS) is 31.4. The first-order valence-corrected chi connectivity index (χ1v) is 8.80. The van der Waals surface area contributed by atoms with E-state index in [1.165, 1.54) is 45.1 Å². The van der Waals surface area contributed by atoms with E-state index >= 15 is 0 Å². The van der Waals surface area contributed by atoms with Gasteiger partial charge in [0.2, 0.25) is 0 Å². The Balaban J connectivity index is 1.88. The van der Waals surface area contributed by atoms with E-state index in [4.69, 9.17) is 4.74 Å². The van der Waals surface area contributed by atoms with Crippen LogP contribution >= 0.6 is 0 Å². The summed E-state index contributed by atoms with van der Waals surface area (Å²) in [5.41, 5.74) is 0. The molecule has 3 unspecified atom stereocenters. The van der Waals surface area contributed by atoms with Crippen molar-refractivity contribution in [1.82, 2.24) is 10.2 Å². The summed E-state index contributed by atoms with van der Waals surface area (Å²) in [6.07, 6.45) is 9.18. The zero-order valence-electron chi connectivity index (χ0n) is 13.7. The van der Waals surface area contributed by atoms with Crippen molar-refractivity contribution in [1.29, 1.82) is 0 Å². The Morgan fingerprint density at radius 3 is 2.35 bits per heavy atom. The fourth-order valence-corrected chi connectivity index (χ4v) is 3.96. The molecule has 2 aliphatic rings. The highest BCUT2D eigenvalue weighted by molar-refractivity contribution is 4.84. The van der Waals surface area contributed by atoms with Crippen molar-refractivity contribution in [3.8, 4) is 0 Å². The first-order chi connectivity index (χ1) is 9.69. The smallest absolute Gasteiger partial charge is 0.0678 e. The van der Waals surface area contributed by atoms with Crippen LogP contribution in [0.2, 0.25) is 0 Å². The van der Waals surface area contributed by atoms with Crippen LogP contribution in [0.15, 0.2) is 0 Å². The zero-order valence-corrected chi connectivity index (χ0v) is 13.7. The molecule has 3 heteroatoms. The van der Waals surface area contributed by atoms with Gasteiger partial charge in [0, 0.05) is 25.7 Å². The molecule has 1 saturated carbocycles. The molecule has 2 fully saturated rings. The molecule has 0 aromatic carbocycles. The molecule has 1 N–H and O–H groups in total. The lowest BCUT2D eigenvalue weighted by molar-refractivity contribution is -0.0716. The Morgan fingerprint density at radius 1 is 1.10 bits per heavy atom. The van der Waals surface area contributed by atoms with Gasteiger partial charge >= 0.3 is 0 Å². The molecular weight excluding hydrogens is 248 g/mol. The van der Waals surface area contributed by atoms with Gasteiger partial charge in [0.1, 0.15) is 0 Å². The Hall–Kier alpha value is -0.120. The minimum atomic E-state index is 0.386. The van der Waals surface area contributed by atoms with Crippen molar-refractivity contribution >= 4 is 0 Å². The standard InChI is InChI=1S/C17H34N2O/c1-4-10-18-17(16-8-6-5-7-9-16)13-19-11-14(2)20-15(3)12-19/h14-18H,4-13H2,1-3H3. The fraction of sp³-hybridized carbons (Fsp3) is 1.00. The van der Waals surface area contributed by atoms with E-state index < -0.39 is 0 Å². The highest BCUT2D eigenvalue weighted by Gasteiger charge is 2.28. The first-order valence-electron chi connectivity index (χ1n) is 8.80. The topological polar surface area (TPSA) is 24.5 Å². The molecule has 0 aromatic heterocycles. The molecule has 2 rings (SSSR count). The maximum Gasteiger partial charge on any atom is 0.0678 e. The lowest BCUT2D eigenvalue weighted by Crippen LogP contribution is -2.52. The molecule has 1 heterocycles. The highest BCUT2D eigenvalue weighted by Crippen LogP contribution is 2.27. The van der Waals surface area contributed by atoms with Crippen LogP contribution in [0.1, 0.15) is 59.3 Å². The van der Waals surface area contributed by atoms with Crippen molar-refractivity contribution < 1.29 is 4.74 Å². The number of ether oxygens (including phenoxy) is 1. The summed E-state index contributed by atoms with van der Waals surface area (Å²) >= 11 is 0. The molecule has 3 nitrogen and oxygen atoms in total. The Morgan fingerprint density at radius 2 is 1.75 bits per heavy atom. The molecule has 0 aromatic rings. The van der Waals surface area contributed by atoms with Crippen LogP contribution in [0.4, 0.5) is 0 Å². The molecular formula is C17H34N2O. The van der Waals surface area contributed by atoms with Gasteiger partial charge in [-0.1, -0.05) is 26.2 Å². The van der Waals surface area contributed by atoms with E-state index in [0.29, 0.717) is 18.2 Å². The van der Waals surface area contributed by atoms with Crippen molar-refractivity contribution in [2.45, 2.75) is 77.5 Å². The fourth-order valence-electron chi connectivity index (χ4n) is 3.96. The second-order valence-corrected chi connectivity index (χ2v) is 6.93. The number of rotatable bonds is 6. The summed E-state index contributed by atoms with van der Waals surface area (Å²) in [7, 11) is 0. The number of nitrogens with zero attached hydrogens (tertiary/aromatic N) is 1. The van der Waals surface area contributed by atoms with E-state index in [1.54, 1.807) is 0 Å². The van der Waals surface area contributed by atoms with Crippen molar-refractivity contribution in [3.05, 3.63) is 0 Å². The van der Waals surface area contributed by atoms with E-state index in [-0.39, 0.29) is 0 Å². The molecule has 1 aliphatic heterocycles. The molecule has 20 heavy (non-hydrogen) atoms. The van der Waals surface area contributed by atoms with E-state index in [2.05, 4.69) is 31.0 Å². The Labute approximate surface area is 125 Å². The molecule has 1 aliphatic carbocycles. The van der Waals surface area contributed by atoms with Crippen LogP contribution in [0.5, 0.6) is 0 Å². The number of hydrogen-bond acceptors (Lipinski definition) is 3. The predicted octanol–water partition coefficient (Wildman–Crippen LogP) is 3.04. The van der Waals surface area contributed by atoms with E-state index in [9.17, 15) is 0 Å². The predicted molar refractivity (Wildman–Crippen MR) is 85.1 cm³/mol. The van der Waals surface area contributed by atoms with Gasteiger partial charge in [-0.05, 0) is 45.6 Å². The van der Waals surface area contributed by atoms with Gasteiger partial charge in [-0.25, -0.2) is 0 Å². The Kier molecular flexibility index (Phi) is 6.79. The molecule has 0 bridgehead atoms. The number of nitrogens with one attached hydrogen (secondary N) is 1. The third kappa shape index (κ3) is 5.01. The first kappa shape index (κ1) is 16.3. The molecule has 3 atom stereocenters. The largest absolute Gasteiger partial charge is 0.373 e. The van der Waals surface area contributed by atoms with Gasteiger partial charge in [0.05, 0.1) is 12.2 Å². The zero-order chi connectivity index (χ0) is 14.4. The SMILES string of the molecule is CCCNC(CN1CC(C)OC(C)C1)C1CCCCC1. The molecule has 0 spiro atoms. The number of morpholine rings is 1. The average molecular weight is 282 g/mol. The van der Waals surface area contributed by atoms with Gasteiger partial charge in [-0.3, -0.25) is 4.90 Å². The highest BCUT2D eigenvalue weighted by atomic mass is 16.5. The molecule has 118 valence electrons. The van der Waals surface area contributed by atoms with Crippen LogP contribution in [0.3, 0.4) is 0 Å². The van der Waals surface area contributed by atoms with Gasteiger partial charge < -0.3 is 10.1 Å². The summed E-state index contributed by atoms with van der Waals surface area (Å²) in [5.74, 6) is 0.892. The second kappa shape index (κ2) is 8.35. The van der Waals surface area contributed by atoms with Gasteiger partial charge in [0.25, 0.3) is 0 Å². The minimum Gasteiger partial charge on any atom is -0.373 e. The molecule has 0 amide bonds. The van der Waals surface area contributed by atoms with Crippen molar-refractivity contribution in [2.75, 3.05) is 26.2 Å². The van der Waals surface area contributed by atoms with E-state index in [0.717, 1.165) is 25.6 Å². The van der Waals surface area contributed by atoms with Crippen molar-refractivity contribution in [2.24, 2.45) is 5.92 Å². The molecule has 0 radical (unpaired) electrons. The second-order valence-electron chi connectivity index (χ2n) is 6.93. The van der Waals surface area contributed by atoms with Crippen LogP contribution in [0, 0.1) is 5.92 Å². The quantitative estimate of drug-likeness (QED) is 0.810. The van der Waals surface area contributed by atoms with Crippen LogP contribution in [-0.4, -0.2) is 49.3 Å².